The second-order valence-electron chi connectivity index (χ2n) is 5.82. The Morgan fingerprint density at radius 1 is 1.25 bits per heavy atom. The maximum absolute atomic E-state index is 12.2. The van der Waals surface area contributed by atoms with E-state index in [1.807, 2.05) is 20.8 Å². The quantitative estimate of drug-likeness (QED) is 0.911. The molecule has 1 amide bonds. The third-order valence-corrected chi connectivity index (χ3v) is 3.35. The smallest absolute Gasteiger partial charge is 0.240 e. The number of halogens is 3. The average molecular weight is 340 g/mol. The van der Waals surface area contributed by atoms with Crippen molar-refractivity contribution in [2.24, 2.45) is 11.1 Å². The van der Waals surface area contributed by atoms with Crippen molar-refractivity contribution in [3.8, 4) is 0 Å². The summed E-state index contributed by atoms with van der Waals surface area (Å²) in [5.74, 6) is -0.0939. The summed E-state index contributed by atoms with van der Waals surface area (Å²) in [7, 11) is 1.72. The first-order chi connectivity index (χ1) is 8.61. The minimum Gasteiger partial charge on any atom is -0.340 e. The zero-order valence-corrected chi connectivity index (χ0v) is 14.4. The molecule has 114 valence electrons. The van der Waals surface area contributed by atoms with E-state index in [4.69, 9.17) is 28.9 Å². The second kappa shape index (κ2) is 7.51. The lowest BCUT2D eigenvalue weighted by molar-refractivity contribution is -0.134. The predicted octanol–water partition coefficient (Wildman–Crippen LogP) is 3.75. The van der Waals surface area contributed by atoms with Crippen LogP contribution in [-0.2, 0) is 11.3 Å². The fourth-order valence-corrected chi connectivity index (χ4v) is 2.23. The van der Waals surface area contributed by atoms with Crippen LogP contribution in [-0.4, -0.2) is 23.9 Å². The highest BCUT2D eigenvalue weighted by atomic mass is 35.5. The summed E-state index contributed by atoms with van der Waals surface area (Å²) in [5, 5.41) is 1.12. The zero-order valence-electron chi connectivity index (χ0n) is 12.1. The summed E-state index contributed by atoms with van der Waals surface area (Å²) in [5.41, 5.74) is 6.58. The molecule has 0 saturated carbocycles. The molecule has 0 aliphatic rings. The summed E-state index contributed by atoms with van der Waals surface area (Å²) in [6.45, 7) is 6.27. The van der Waals surface area contributed by atoms with Crippen LogP contribution in [0.2, 0.25) is 10.0 Å². The molecular formula is C14H21Cl3N2O. The number of hydrogen-bond donors (Lipinski definition) is 1. The van der Waals surface area contributed by atoms with Crippen molar-refractivity contribution >= 4 is 41.5 Å². The van der Waals surface area contributed by atoms with Gasteiger partial charge in [0.2, 0.25) is 5.91 Å². The molecule has 0 fully saturated rings. The Morgan fingerprint density at radius 3 is 2.10 bits per heavy atom. The van der Waals surface area contributed by atoms with Gasteiger partial charge in [0.05, 0.1) is 6.04 Å². The summed E-state index contributed by atoms with van der Waals surface area (Å²) >= 11 is 11.9. The molecular weight excluding hydrogens is 319 g/mol. The lowest BCUT2D eigenvalue weighted by atomic mass is 9.86. The zero-order chi connectivity index (χ0) is 14.8. The van der Waals surface area contributed by atoms with E-state index < -0.39 is 6.04 Å². The maximum Gasteiger partial charge on any atom is 0.240 e. The normalized spacial score (nSPS) is 12.6. The van der Waals surface area contributed by atoms with Crippen LogP contribution in [0.25, 0.3) is 0 Å². The van der Waals surface area contributed by atoms with Crippen LogP contribution in [0.5, 0.6) is 0 Å². The lowest BCUT2D eigenvalue weighted by Gasteiger charge is -2.30. The molecule has 6 heteroatoms. The predicted molar refractivity (Wildman–Crippen MR) is 87.6 cm³/mol. The second-order valence-corrected chi connectivity index (χ2v) is 6.69. The van der Waals surface area contributed by atoms with Crippen molar-refractivity contribution in [2.45, 2.75) is 33.4 Å². The number of likely N-dealkylation sites (N-methyl/N-ethyl adjacent to an activating group) is 1. The van der Waals surface area contributed by atoms with Crippen LogP contribution in [0.15, 0.2) is 18.2 Å². The fourth-order valence-electron chi connectivity index (χ4n) is 1.66. The number of carbonyl (C=O) groups excluding carboxylic acids is 1. The lowest BCUT2D eigenvalue weighted by Crippen LogP contribution is -2.48. The van der Waals surface area contributed by atoms with Gasteiger partial charge in [-0.25, -0.2) is 0 Å². The topological polar surface area (TPSA) is 46.3 Å². The van der Waals surface area contributed by atoms with E-state index in [0.717, 1.165) is 5.56 Å². The Hall–Kier alpha value is -0.480. The Labute approximate surface area is 136 Å². The molecule has 20 heavy (non-hydrogen) atoms. The number of hydrogen-bond acceptors (Lipinski definition) is 2. The Kier molecular flexibility index (Phi) is 7.33. The minimum absolute atomic E-state index is 0. The molecule has 0 radical (unpaired) electrons. The van der Waals surface area contributed by atoms with Crippen molar-refractivity contribution in [3.05, 3.63) is 33.8 Å². The van der Waals surface area contributed by atoms with Gasteiger partial charge in [-0.2, -0.15) is 0 Å². The molecule has 0 unspecified atom stereocenters. The van der Waals surface area contributed by atoms with E-state index in [2.05, 4.69) is 0 Å². The maximum atomic E-state index is 12.2. The molecule has 0 heterocycles. The number of nitrogens with two attached hydrogens (primary N) is 1. The first-order valence-corrected chi connectivity index (χ1v) is 6.82. The molecule has 1 aromatic carbocycles. The van der Waals surface area contributed by atoms with Crippen LogP contribution in [0.1, 0.15) is 26.3 Å². The summed E-state index contributed by atoms with van der Waals surface area (Å²) in [4.78, 5) is 13.8. The van der Waals surface area contributed by atoms with Gasteiger partial charge in [0, 0.05) is 23.6 Å². The Balaban J connectivity index is 0.00000361. The van der Waals surface area contributed by atoms with Crippen molar-refractivity contribution in [2.75, 3.05) is 7.05 Å². The standard InChI is InChI=1S/C14H20Cl2N2O.ClH/c1-14(2,3)12(17)13(19)18(4)8-9-5-10(15)7-11(16)6-9;/h5-7,12H,8,17H2,1-4H3;1H/t12-;/m1./s1. The highest BCUT2D eigenvalue weighted by Crippen LogP contribution is 2.22. The number of rotatable bonds is 3. The highest BCUT2D eigenvalue weighted by Gasteiger charge is 2.29. The van der Waals surface area contributed by atoms with Gasteiger partial charge in [-0.05, 0) is 29.2 Å². The van der Waals surface area contributed by atoms with E-state index in [0.29, 0.717) is 16.6 Å². The van der Waals surface area contributed by atoms with E-state index in [9.17, 15) is 4.79 Å². The monoisotopic (exact) mass is 338 g/mol. The molecule has 1 rings (SSSR count). The first kappa shape index (κ1) is 19.5. The van der Waals surface area contributed by atoms with Gasteiger partial charge < -0.3 is 10.6 Å². The molecule has 0 aliphatic heterocycles. The largest absolute Gasteiger partial charge is 0.340 e. The van der Waals surface area contributed by atoms with E-state index in [1.165, 1.54) is 0 Å². The molecule has 0 bridgehead atoms. The van der Waals surface area contributed by atoms with E-state index >= 15 is 0 Å². The van der Waals surface area contributed by atoms with Crippen molar-refractivity contribution in [1.82, 2.24) is 4.90 Å². The van der Waals surface area contributed by atoms with Gasteiger partial charge in [-0.15, -0.1) is 12.4 Å². The number of amides is 1. The van der Waals surface area contributed by atoms with Crippen LogP contribution < -0.4 is 5.73 Å². The first-order valence-electron chi connectivity index (χ1n) is 6.07. The number of carbonyl (C=O) groups is 1. The van der Waals surface area contributed by atoms with Crippen molar-refractivity contribution in [3.63, 3.8) is 0 Å². The Morgan fingerprint density at radius 2 is 1.70 bits per heavy atom. The molecule has 2 N–H and O–H groups in total. The molecule has 1 aromatic rings. The van der Waals surface area contributed by atoms with Gasteiger partial charge >= 0.3 is 0 Å². The van der Waals surface area contributed by atoms with Crippen LogP contribution in [0.3, 0.4) is 0 Å². The average Bonchev–Trinajstić information content (AvgIpc) is 2.24. The summed E-state index contributed by atoms with van der Waals surface area (Å²) < 4.78 is 0. The van der Waals surface area contributed by atoms with Crippen LogP contribution in [0.4, 0.5) is 0 Å². The molecule has 0 spiro atoms. The number of benzene rings is 1. The van der Waals surface area contributed by atoms with Crippen molar-refractivity contribution in [1.29, 1.82) is 0 Å². The molecule has 0 saturated heterocycles. The van der Waals surface area contributed by atoms with Gasteiger partial charge in [-0.3, -0.25) is 4.79 Å². The van der Waals surface area contributed by atoms with Crippen LogP contribution in [0, 0.1) is 5.41 Å². The third-order valence-electron chi connectivity index (χ3n) is 2.92. The van der Waals surface area contributed by atoms with Gasteiger partial charge in [-0.1, -0.05) is 44.0 Å². The molecule has 0 aliphatic carbocycles. The van der Waals surface area contributed by atoms with Crippen molar-refractivity contribution < 1.29 is 4.79 Å². The van der Waals surface area contributed by atoms with Crippen LogP contribution >= 0.6 is 35.6 Å². The molecule has 0 aromatic heterocycles. The fraction of sp³-hybridized carbons (Fsp3) is 0.500. The van der Waals surface area contributed by atoms with Gasteiger partial charge in [0.25, 0.3) is 0 Å². The van der Waals surface area contributed by atoms with Gasteiger partial charge in [0.1, 0.15) is 0 Å². The highest BCUT2D eigenvalue weighted by molar-refractivity contribution is 6.34. The van der Waals surface area contributed by atoms with E-state index in [-0.39, 0.29) is 23.7 Å². The molecule has 3 nitrogen and oxygen atoms in total. The summed E-state index contributed by atoms with van der Waals surface area (Å²) in [6, 6.07) is 4.71. The summed E-state index contributed by atoms with van der Waals surface area (Å²) in [6.07, 6.45) is 0. The third kappa shape index (κ3) is 5.49. The molecule has 1 atom stereocenters. The number of nitrogens with zero attached hydrogens (tertiary/aromatic N) is 1. The minimum atomic E-state index is -0.535. The van der Waals surface area contributed by atoms with Gasteiger partial charge in [0.15, 0.2) is 0 Å². The SMILES string of the molecule is CN(Cc1cc(Cl)cc(Cl)c1)C(=O)[C@@H](N)C(C)(C)C.Cl. The Bertz CT molecular complexity index is 452. The van der Waals surface area contributed by atoms with E-state index in [1.54, 1.807) is 30.1 Å².